The molecule has 7 heteroatoms. The topological polar surface area (TPSA) is 74.3 Å². The van der Waals surface area contributed by atoms with Crippen molar-refractivity contribution >= 4 is 11.7 Å². The number of methoxy groups -OCH3 is 1. The van der Waals surface area contributed by atoms with Crippen molar-refractivity contribution in [1.29, 1.82) is 0 Å². The minimum Gasteiger partial charge on any atom is -0.497 e. The zero-order valence-corrected chi connectivity index (χ0v) is 16.1. The number of benzene rings is 2. The minimum atomic E-state index is -0.567. The van der Waals surface area contributed by atoms with Crippen LogP contribution in [0.2, 0.25) is 0 Å². The average molecular weight is 395 g/mol. The first kappa shape index (κ1) is 17.8. The van der Waals surface area contributed by atoms with Crippen LogP contribution in [0.5, 0.6) is 23.0 Å². The van der Waals surface area contributed by atoms with E-state index < -0.39 is 5.60 Å². The molecule has 3 heterocycles. The number of hydrogen-bond acceptors (Lipinski definition) is 6. The molecule has 150 valence electrons. The van der Waals surface area contributed by atoms with E-state index in [1.165, 1.54) is 0 Å². The smallest absolute Gasteiger partial charge is 0.253 e. The minimum absolute atomic E-state index is 0.0534. The predicted molar refractivity (Wildman–Crippen MR) is 103 cm³/mol. The fourth-order valence-corrected chi connectivity index (χ4v) is 4.21. The van der Waals surface area contributed by atoms with Crippen LogP contribution in [0.4, 0.5) is 0 Å². The third kappa shape index (κ3) is 3.06. The molecule has 3 aliphatic heterocycles. The van der Waals surface area contributed by atoms with Crippen LogP contribution in [0.1, 0.15) is 40.0 Å². The van der Waals surface area contributed by atoms with Crippen LogP contribution in [-0.4, -0.2) is 49.2 Å². The van der Waals surface area contributed by atoms with Gasteiger partial charge >= 0.3 is 0 Å². The van der Waals surface area contributed by atoms with E-state index in [0.717, 1.165) is 0 Å². The molecule has 2 aromatic rings. The van der Waals surface area contributed by atoms with Crippen LogP contribution >= 0.6 is 0 Å². The number of piperidine rings is 1. The highest BCUT2D eigenvalue weighted by Gasteiger charge is 2.44. The Morgan fingerprint density at radius 3 is 2.62 bits per heavy atom. The molecule has 2 aromatic carbocycles. The highest BCUT2D eigenvalue weighted by atomic mass is 16.7. The van der Waals surface area contributed by atoms with Crippen LogP contribution < -0.4 is 18.9 Å². The Morgan fingerprint density at radius 1 is 1.03 bits per heavy atom. The molecule has 0 aliphatic carbocycles. The largest absolute Gasteiger partial charge is 0.497 e. The zero-order chi connectivity index (χ0) is 20.0. The van der Waals surface area contributed by atoms with Gasteiger partial charge in [-0.25, -0.2) is 0 Å². The second-order valence-corrected chi connectivity index (χ2v) is 7.61. The molecule has 5 rings (SSSR count). The molecule has 1 amide bonds. The van der Waals surface area contributed by atoms with Crippen LogP contribution in [-0.2, 0) is 0 Å². The summed E-state index contributed by atoms with van der Waals surface area (Å²) in [4.78, 5) is 27.4. The van der Waals surface area contributed by atoms with E-state index in [1.54, 1.807) is 48.4 Å². The number of rotatable bonds is 2. The summed E-state index contributed by atoms with van der Waals surface area (Å²) < 4.78 is 22.2. The van der Waals surface area contributed by atoms with Crippen LogP contribution in [0.3, 0.4) is 0 Å². The van der Waals surface area contributed by atoms with Crippen molar-refractivity contribution in [2.45, 2.75) is 24.9 Å². The van der Waals surface area contributed by atoms with E-state index in [2.05, 4.69) is 0 Å². The van der Waals surface area contributed by atoms with Crippen molar-refractivity contribution in [3.63, 3.8) is 0 Å². The lowest BCUT2D eigenvalue weighted by atomic mass is 9.82. The molecule has 0 N–H and O–H groups in total. The molecular formula is C22H21NO6. The van der Waals surface area contributed by atoms with Crippen molar-refractivity contribution < 1.29 is 28.5 Å². The van der Waals surface area contributed by atoms with E-state index in [0.29, 0.717) is 66.5 Å². The summed E-state index contributed by atoms with van der Waals surface area (Å²) in [7, 11) is 1.59. The van der Waals surface area contributed by atoms with Crippen LogP contribution in [0, 0.1) is 0 Å². The Morgan fingerprint density at radius 2 is 1.83 bits per heavy atom. The van der Waals surface area contributed by atoms with Gasteiger partial charge in [-0.05, 0) is 30.3 Å². The van der Waals surface area contributed by atoms with Crippen molar-refractivity contribution in [1.82, 2.24) is 4.90 Å². The second-order valence-electron chi connectivity index (χ2n) is 7.61. The number of carbonyl (C=O) groups is 2. The standard InChI is InChI=1S/C22H21NO6/c1-26-15-3-4-16-17(24)12-22(29-19(16)11-15)6-8-23(9-7-22)21(25)14-2-5-18-20(10-14)28-13-27-18/h2-5,10-11H,6-9,12-13H2,1H3. The molecule has 0 aromatic heterocycles. The number of amides is 1. The first-order valence-electron chi connectivity index (χ1n) is 9.66. The molecule has 0 unspecified atom stereocenters. The van der Waals surface area contributed by atoms with E-state index in [4.69, 9.17) is 18.9 Å². The number of fused-ring (bicyclic) bond motifs is 2. The first-order valence-corrected chi connectivity index (χ1v) is 9.66. The number of nitrogens with zero attached hydrogens (tertiary/aromatic N) is 1. The Hall–Kier alpha value is -3.22. The van der Waals surface area contributed by atoms with E-state index in [1.807, 2.05) is 0 Å². The molecule has 1 spiro atoms. The van der Waals surface area contributed by atoms with Crippen LogP contribution in [0.25, 0.3) is 0 Å². The number of carbonyl (C=O) groups excluding carboxylic acids is 2. The molecule has 29 heavy (non-hydrogen) atoms. The van der Waals surface area contributed by atoms with Gasteiger partial charge in [0.05, 0.1) is 19.1 Å². The monoisotopic (exact) mass is 395 g/mol. The molecule has 0 saturated carbocycles. The lowest BCUT2D eigenvalue weighted by Crippen LogP contribution is -2.52. The SMILES string of the molecule is COc1ccc2c(c1)OC1(CCN(C(=O)c3ccc4c(c3)OCO4)CC1)CC2=O. The summed E-state index contributed by atoms with van der Waals surface area (Å²) in [5, 5.41) is 0. The van der Waals surface area contributed by atoms with Gasteiger partial charge in [0.15, 0.2) is 17.3 Å². The predicted octanol–water partition coefficient (Wildman–Crippen LogP) is 3.06. The fraction of sp³-hybridized carbons (Fsp3) is 0.364. The van der Waals surface area contributed by atoms with Gasteiger partial charge in [0.1, 0.15) is 17.1 Å². The van der Waals surface area contributed by atoms with Crippen molar-refractivity contribution in [2.24, 2.45) is 0 Å². The molecular weight excluding hydrogens is 374 g/mol. The summed E-state index contributed by atoms with van der Waals surface area (Å²) in [5.41, 5.74) is 0.596. The fourth-order valence-electron chi connectivity index (χ4n) is 4.21. The van der Waals surface area contributed by atoms with Gasteiger partial charge in [0, 0.05) is 37.6 Å². The quantitative estimate of drug-likeness (QED) is 0.778. The number of likely N-dealkylation sites (tertiary alicyclic amines) is 1. The summed E-state index contributed by atoms with van der Waals surface area (Å²) in [6, 6.07) is 10.5. The van der Waals surface area contributed by atoms with Crippen molar-refractivity contribution in [2.75, 3.05) is 27.0 Å². The van der Waals surface area contributed by atoms with Gasteiger partial charge in [0.25, 0.3) is 5.91 Å². The maximum Gasteiger partial charge on any atom is 0.253 e. The van der Waals surface area contributed by atoms with Gasteiger partial charge in [0.2, 0.25) is 6.79 Å². The van der Waals surface area contributed by atoms with Crippen molar-refractivity contribution in [3.05, 3.63) is 47.5 Å². The maximum absolute atomic E-state index is 12.9. The highest BCUT2D eigenvalue weighted by molar-refractivity contribution is 6.00. The molecule has 1 saturated heterocycles. The Labute approximate surface area is 168 Å². The third-order valence-corrected chi connectivity index (χ3v) is 5.88. The lowest BCUT2D eigenvalue weighted by Gasteiger charge is -2.44. The van der Waals surface area contributed by atoms with Gasteiger partial charge in [-0.15, -0.1) is 0 Å². The molecule has 0 radical (unpaired) electrons. The molecule has 0 bridgehead atoms. The number of hydrogen-bond donors (Lipinski definition) is 0. The van der Waals surface area contributed by atoms with Gasteiger partial charge in [-0.1, -0.05) is 0 Å². The lowest BCUT2D eigenvalue weighted by molar-refractivity contribution is -0.00581. The normalized spacial score (nSPS) is 18.9. The van der Waals surface area contributed by atoms with Crippen LogP contribution in [0.15, 0.2) is 36.4 Å². The third-order valence-electron chi connectivity index (χ3n) is 5.88. The van der Waals surface area contributed by atoms with Crippen molar-refractivity contribution in [3.8, 4) is 23.0 Å². The Kier molecular flexibility index (Phi) is 4.12. The summed E-state index contributed by atoms with van der Waals surface area (Å²) >= 11 is 0. The molecule has 0 atom stereocenters. The molecule has 1 fully saturated rings. The average Bonchev–Trinajstić information content (AvgIpc) is 3.21. The second kappa shape index (κ2) is 6.69. The maximum atomic E-state index is 12.9. The number of ether oxygens (including phenoxy) is 4. The molecule has 7 nitrogen and oxygen atoms in total. The molecule has 3 aliphatic rings. The Balaban J connectivity index is 1.31. The summed E-state index contributed by atoms with van der Waals surface area (Å²) in [6.07, 6.45) is 1.54. The number of ketones is 1. The van der Waals surface area contributed by atoms with Gasteiger partial charge < -0.3 is 23.8 Å². The Bertz CT molecular complexity index is 993. The summed E-state index contributed by atoms with van der Waals surface area (Å²) in [5.74, 6) is 2.49. The van der Waals surface area contributed by atoms with E-state index in [9.17, 15) is 9.59 Å². The zero-order valence-electron chi connectivity index (χ0n) is 16.1. The van der Waals surface area contributed by atoms with E-state index in [-0.39, 0.29) is 18.5 Å². The van der Waals surface area contributed by atoms with Gasteiger partial charge in [-0.2, -0.15) is 0 Å². The van der Waals surface area contributed by atoms with E-state index >= 15 is 0 Å². The highest BCUT2D eigenvalue weighted by Crippen LogP contribution is 2.41. The van der Waals surface area contributed by atoms with Gasteiger partial charge in [-0.3, -0.25) is 9.59 Å². The first-order chi connectivity index (χ1) is 14.1. The number of Topliss-reactive ketones (excluding diaryl/α,β-unsaturated/α-hetero) is 1. The summed E-state index contributed by atoms with van der Waals surface area (Å²) in [6.45, 7) is 1.23.